The van der Waals surface area contributed by atoms with Crippen LogP contribution >= 0.6 is 0 Å². The molecule has 0 amide bonds. The van der Waals surface area contributed by atoms with E-state index in [1.165, 1.54) is 14.9 Å². The van der Waals surface area contributed by atoms with Crippen LogP contribution in [-0.4, -0.2) is 42.5 Å². The second kappa shape index (κ2) is 7.20. The first-order valence-corrected chi connectivity index (χ1v) is 9.99. The largest absolute Gasteiger partial charge is 0.496 e. The summed E-state index contributed by atoms with van der Waals surface area (Å²) in [7, 11) is -2.17. The van der Waals surface area contributed by atoms with Crippen LogP contribution in [0.2, 0.25) is 0 Å². The van der Waals surface area contributed by atoms with Crippen LogP contribution in [0, 0.1) is 13.8 Å². The molecule has 3 heterocycles. The lowest BCUT2D eigenvalue weighted by atomic mass is 10.1. The third-order valence-corrected chi connectivity index (χ3v) is 6.65. The van der Waals surface area contributed by atoms with E-state index in [1.54, 1.807) is 25.6 Å². The van der Waals surface area contributed by atoms with Gasteiger partial charge in [-0.1, -0.05) is 0 Å². The molecule has 0 aliphatic carbocycles. The van der Waals surface area contributed by atoms with Gasteiger partial charge in [-0.05, 0) is 38.8 Å². The minimum absolute atomic E-state index is 0.182. The van der Waals surface area contributed by atoms with Gasteiger partial charge in [0.05, 0.1) is 19.3 Å². The number of hydrogen-bond donors (Lipinski definition) is 0. The third-order valence-electron chi connectivity index (χ3n) is 4.74. The molecule has 2 aromatic rings. The van der Waals surface area contributed by atoms with Crippen LogP contribution in [0.25, 0.3) is 0 Å². The van der Waals surface area contributed by atoms with Crippen molar-refractivity contribution >= 4 is 10.0 Å². The van der Waals surface area contributed by atoms with E-state index in [0.29, 0.717) is 18.8 Å². The second-order valence-electron chi connectivity index (χ2n) is 6.46. The Morgan fingerprint density at radius 2 is 1.92 bits per heavy atom. The molecule has 1 aliphatic heterocycles. The standard InChI is InChI=1S/C18H23N3O4S/c1-13-11-19-15(14(2)17(13)25-3)12-20-8-6-7-16(18(20)22)26(23,24)21-9-4-5-10-21/h6-8,11H,4-5,9-10,12H2,1-3H3. The van der Waals surface area contributed by atoms with Crippen LogP contribution in [0.15, 0.2) is 34.2 Å². The Kier molecular flexibility index (Phi) is 5.15. The second-order valence-corrected chi connectivity index (χ2v) is 8.37. The lowest BCUT2D eigenvalue weighted by Crippen LogP contribution is -2.34. The number of nitrogens with zero attached hydrogens (tertiary/aromatic N) is 3. The van der Waals surface area contributed by atoms with E-state index < -0.39 is 15.6 Å². The zero-order valence-electron chi connectivity index (χ0n) is 15.2. The Balaban J connectivity index is 2.00. The Hall–Kier alpha value is -2.19. The zero-order valence-corrected chi connectivity index (χ0v) is 16.0. The quantitative estimate of drug-likeness (QED) is 0.792. The predicted octanol–water partition coefficient (Wildman–Crippen LogP) is 1.70. The SMILES string of the molecule is COc1c(C)cnc(Cn2cccc(S(=O)(=O)N3CCCC3)c2=O)c1C. The molecule has 0 radical (unpaired) electrons. The van der Waals surface area contributed by atoms with Gasteiger partial charge >= 0.3 is 0 Å². The van der Waals surface area contributed by atoms with Gasteiger partial charge in [0, 0.05) is 36.6 Å². The molecule has 3 rings (SSSR count). The maximum absolute atomic E-state index is 12.8. The molecule has 0 N–H and O–H groups in total. The van der Waals surface area contributed by atoms with E-state index in [-0.39, 0.29) is 11.4 Å². The summed E-state index contributed by atoms with van der Waals surface area (Å²) in [5, 5.41) is 0. The summed E-state index contributed by atoms with van der Waals surface area (Å²) in [5.74, 6) is 0.726. The number of pyridine rings is 2. The van der Waals surface area contributed by atoms with E-state index in [1.807, 2.05) is 13.8 Å². The van der Waals surface area contributed by atoms with Gasteiger partial charge in [0.15, 0.2) is 0 Å². The fraction of sp³-hybridized carbons (Fsp3) is 0.444. The van der Waals surface area contributed by atoms with Crippen LogP contribution in [0.1, 0.15) is 29.7 Å². The third kappa shape index (κ3) is 3.26. The summed E-state index contributed by atoms with van der Waals surface area (Å²) in [6.45, 7) is 4.89. The number of rotatable bonds is 5. The van der Waals surface area contributed by atoms with E-state index in [4.69, 9.17) is 4.74 Å². The normalized spacial score (nSPS) is 15.3. The first-order chi connectivity index (χ1) is 12.4. The van der Waals surface area contributed by atoms with Crippen LogP contribution in [0.5, 0.6) is 5.75 Å². The highest BCUT2D eigenvalue weighted by Gasteiger charge is 2.29. The molecule has 26 heavy (non-hydrogen) atoms. The molecular formula is C18H23N3O4S. The van der Waals surface area contributed by atoms with Gasteiger partial charge in [0.2, 0.25) is 10.0 Å². The van der Waals surface area contributed by atoms with Crippen molar-refractivity contribution in [3.63, 3.8) is 0 Å². The number of methoxy groups -OCH3 is 1. The Labute approximate surface area is 153 Å². The summed E-state index contributed by atoms with van der Waals surface area (Å²) in [6.07, 6.45) is 4.93. The molecule has 0 saturated carbocycles. The molecule has 0 bridgehead atoms. The molecule has 0 aromatic carbocycles. The highest BCUT2D eigenvalue weighted by molar-refractivity contribution is 7.89. The molecule has 0 unspecified atom stereocenters. The van der Waals surface area contributed by atoms with Gasteiger partial charge in [-0.25, -0.2) is 8.42 Å². The Bertz CT molecular complexity index is 976. The van der Waals surface area contributed by atoms with Gasteiger partial charge in [-0.2, -0.15) is 4.31 Å². The highest BCUT2D eigenvalue weighted by Crippen LogP contribution is 2.24. The smallest absolute Gasteiger partial charge is 0.271 e. The van der Waals surface area contributed by atoms with E-state index >= 15 is 0 Å². The number of ether oxygens (including phenoxy) is 1. The van der Waals surface area contributed by atoms with Crippen molar-refractivity contribution < 1.29 is 13.2 Å². The van der Waals surface area contributed by atoms with E-state index in [2.05, 4.69) is 4.98 Å². The summed E-state index contributed by atoms with van der Waals surface area (Å²) < 4.78 is 33.7. The van der Waals surface area contributed by atoms with Crippen molar-refractivity contribution in [2.45, 2.75) is 38.1 Å². The van der Waals surface area contributed by atoms with Crippen LogP contribution < -0.4 is 10.3 Å². The minimum atomic E-state index is -3.76. The molecule has 8 heteroatoms. The van der Waals surface area contributed by atoms with Crippen LogP contribution in [-0.2, 0) is 16.6 Å². The number of hydrogen-bond acceptors (Lipinski definition) is 5. The van der Waals surface area contributed by atoms with Crippen molar-refractivity contribution in [3.05, 3.63) is 51.7 Å². The molecule has 1 fully saturated rings. The van der Waals surface area contributed by atoms with Crippen molar-refractivity contribution in [2.75, 3.05) is 20.2 Å². The molecule has 0 spiro atoms. The van der Waals surface area contributed by atoms with E-state index in [9.17, 15) is 13.2 Å². The molecule has 0 atom stereocenters. The monoisotopic (exact) mass is 377 g/mol. The molecule has 7 nitrogen and oxygen atoms in total. The maximum Gasteiger partial charge on any atom is 0.271 e. The first-order valence-electron chi connectivity index (χ1n) is 8.55. The van der Waals surface area contributed by atoms with Crippen LogP contribution in [0.4, 0.5) is 0 Å². The van der Waals surface area contributed by atoms with Crippen LogP contribution in [0.3, 0.4) is 0 Å². The average molecular weight is 377 g/mol. The first kappa shape index (κ1) is 18.6. The van der Waals surface area contributed by atoms with Crippen molar-refractivity contribution in [2.24, 2.45) is 0 Å². The number of aromatic nitrogens is 2. The predicted molar refractivity (Wildman–Crippen MR) is 98.1 cm³/mol. The highest BCUT2D eigenvalue weighted by atomic mass is 32.2. The Morgan fingerprint density at radius 3 is 2.58 bits per heavy atom. The minimum Gasteiger partial charge on any atom is -0.496 e. The zero-order chi connectivity index (χ0) is 18.9. The van der Waals surface area contributed by atoms with Gasteiger partial charge in [-0.3, -0.25) is 9.78 Å². The van der Waals surface area contributed by atoms with Crippen molar-refractivity contribution in [1.29, 1.82) is 0 Å². The van der Waals surface area contributed by atoms with Gasteiger partial charge in [-0.15, -0.1) is 0 Å². The fourth-order valence-corrected chi connectivity index (χ4v) is 4.90. The Morgan fingerprint density at radius 1 is 1.23 bits per heavy atom. The fourth-order valence-electron chi connectivity index (χ4n) is 3.30. The van der Waals surface area contributed by atoms with Gasteiger partial charge < -0.3 is 9.30 Å². The number of sulfonamides is 1. The summed E-state index contributed by atoms with van der Waals surface area (Å²) >= 11 is 0. The number of aryl methyl sites for hydroxylation is 1. The van der Waals surface area contributed by atoms with Crippen molar-refractivity contribution in [3.8, 4) is 5.75 Å². The van der Waals surface area contributed by atoms with Gasteiger partial charge in [0.1, 0.15) is 10.6 Å². The topological polar surface area (TPSA) is 81.5 Å². The van der Waals surface area contributed by atoms with E-state index in [0.717, 1.165) is 29.7 Å². The van der Waals surface area contributed by atoms with Gasteiger partial charge in [0.25, 0.3) is 5.56 Å². The maximum atomic E-state index is 12.8. The molecule has 2 aromatic heterocycles. The lowest BCUT2D eigenvalue weighted by molar-refractivity contribution is 0.406. The molecular weight excluding hydrogens is 354 g/mol. The summed E-state index contributed by atoms with van der Waals surface area (Å²) in [5.41, 5.74) is 1.89. The summed E-state index contributed by atoms with van der Waals surface area (Å²) in [6, 6.07) is 2.97. The molecule has 1 saturated heterocycles. The molecule has 140 valence electrons. The summed E-state index contributed by atoms with van der Waals surface area (Å²) in [4.78, 5) is 17.0. The lowest BCUT2D eigenvalue weighted by Gasteiger charge is -2.17. The average Bonchev–Trinajstić information content (AvgIpc) is 3.15. The molecule has 1 aliphatic rings. The van der Waals surface area contributed by atoms with Crippen molar-refractivity contribution in [1.82, 2.24) is 13.9 Å².